The number of likely N-dealkylation sites (tertiary alicyclic amines) is 1. The molecule has 0 spiro atoms. The fourth-order valence-electron chi connectivity index (χ4n) is 6.40. The van der Waals surface area contributed by atoms with E-state index < -0.39 is 17.2 Å². The number of carbonyl (C=O) groups excluding carboxylic acids is 2. The van der Waals surface area contributed by atoms with Gasteiger partial charge < -0.3 is 16.0 Å². The van der Waals surface area contributed by atoms with Crippen LogP contribution in [0.5, 0.6) is 0 Å². The van der Waals surface area contributed by atoms with E-state index in [9.17, 15) is 19.2 Å². The number of fused-ring (bicyclic) bond motifs is 1. The number of hydrogen-bond acceptors (Lipinski definition) is 8. The third-order valence-corrected chi connectivity index (χ3v) is 8.90. The molecule has 0 saturated carbocycles. The van der Waals surface area contributed by atoms with Gasteiger partial charge in [0.25, 0.3) is 11.5 Å². The zero-order valence-corrected chi connectivity index (χ0v) is 28.0. The highest BCUT2D eigenvalue weighted by atomic mass is 16.2. The minimum Gasteiger partial charge on any atom is -0.382 e. The van der Waals surface area contributed by atoms with E-state index in [1.165, 1.54) is 21.8 Å². The number of aromatic nitrogens is 7. The molecule has 3 N–H and O–H groups in total. The maximum Gasteiger partial charge on any atom is 0.337 e. The van der Waals surface area contributed by atoms with Gasteiger partial charge in [0, 0.05) is 72.9 Å². The molecule has 1 aromatic carbocycles. The summed E-state index contributed by atoms with van der Waals surface area (Å²) in [4.78, 5) is 59.1. The Hall–Kier alpha value is -5.53. The van der Waals surface area contributed by atoms with Crippen molar-refractivity contribution in [3.63, 3.8) is 0 Å². The Morgan fingerprint density at radius 1 is 1.02 bits per heavy atom. The monoisotopic (exact) mass is 652 g/mol. The van der Waals surface area contributed by atoms with E-state index in [0.29, 0.717) is 35.7 Å². The zero-order valence-electron chi connectivity index (χ0n) is 28.0. The van der Waals surface area contributed by atoms with Crippen LogP contribution in [0.2, 0.25) is 0 Å². The second kappa shape index (κ2) is 12.6. The maximum absolute atomic E-state index is 13.6. The van der Waals surface area contributed by atoms with Crippen molar-refractivity contribution >= 4 is 28.8 Å². The van der Waals surface area contributed by atoms with Crippen molar-refractivity contribution in [2.75, 3.05) is 24.1 Å². The lowest BCUT2D eigenvalue weighted by Crippen LogP contribution is -2.43. The van der Waals surface area contributed by atoms with E-state index in [0.717, 1.165) is 34.2 Å². The summed E-state index contributed by atoms with van der Waals surface area (Å²) >= 11 is 0. The number of benzene rings is 1. The van der Waals surface area contributed by atoms with Crippen molar-refractivity contribution in [2.45, 2.75) is 59.4 Å². The molecule has 14 heteroatoms. The Morgan fingerprint density at radius 3 is 2.31 bits per heavy atom. The van der Waals surface area contributed by atoms with Crippen molar-refractivity contribution in [3.05, 3.63) is 86.7 Å². The summed E-state index contributed by atoms with van der Waals surface area (Å²) in [5.74, 6) is 0.188. The first kappa shape index (κ1) is 32.4. The van der Waals surface area contributed by atoms with Crippen LogP contribution in [0.3, 0.4) is 0 Å². The molecular weight excluding hydrogens is 612 g/mol. The molecule has 1 fully saturated rings. The van der Waals surface area contributed by atoms with Gasteiger partial charge in [-0.2, -0.15) is 10.2 Å². The van der Waals surface area contributed by atoms with E-state index in [4.69, 9.17) is 5.73 Å². The van der Waals surface area contributed by atoms with Crippen LogP contribution in [0.25, 0.3) is 22.5 Å². The van der Waals surface area contributed by atoms with Crippen LogP contribution in [0.15, 0.2) is 58.6 Å². The summed E-state index contributed by atoms with van der Waals surface area (Å²) in [5, 5.41) is 11.6. The zero-order chi connectivity index (χ0) is 34.4. The van der Waals surface area contributed by atoms with E-state index in [2.05, 4.69) is 26.6 Å². The van der Waals surface area contributed by atoms with Gasteiger partial charge in [-0.1, -0.05) is 26.0 Å². The summed E-state index contributed by atoms with van der Waals surface area (Å²) in [6.07, 6.45) is 6.06. The Bertz CT molecular complexity index is 2150. The summed E-state index contributed by atoms with van der Waals surface area (Å²) < 4.78 is 5.65. The number of rotatable bonds is 7. The van der Waals surface area contributed by atoms with Crippen LogP contribution in [-0.4, -0.2) is 63.3 Å². The standard InChI is InChI=1S/C34H40N10O4/c1-19(2)32(46)41-13-11-23(12-14-41)27-15-25(28-29(35)36-18-37-44(27)28)22-7-9-24(10-8-22)38-31(45)26-17-42(20(3)4)34(48)43(33(26)47)30-21(5)16-40(6)39-30/h7-10,15-20,23H,11-14H2,1-6H3,(H,38,45)(H2,35,36,37). The van der Waals surface area contributed by atoms with Gasteiger partial charge in [0.2, 0.25) is 5.91 Å². The van der Waals surface area contributed by atoms with Gasteiger partial charge in [-0.05, 0) is 57.4 Å². The summed E-state index contributed by atoms with van der Waals surface area (Å²) in [5.41, 5.74) is 9.31. The number of carbonyl (C=O) groups is 2. The number of piperidine rings is 1. The fraction of sp³-hybridized carbons (Fsp3) is 0.382. The minimum absolute atomic E-state index is 0.0352. The fourth-order valence-corrected chi connectivity index (χ4v) is 6.40. The second-order valence-corrected chi connectivity index (χ2v) is 13.0. The molecule has 1 aliphatic heterocycles. The van der Waals surface area contributed by atoms with Crippen LogP contribution in [0.4, 0.5) is 11.5 Å². The van der Waals surface area contributed by atoms with Gasteiger partial charge in [0.05, 0.1) is 0 Å². The number of aryl methyl sites for hydroxylation is 2. The third-order valence-electron chi connectivity index (χ3n) is 8.90. The van der Waals surface area contributed by atoms with Gasteiger partial charge in [0.1, 0.15) is 17.4 Å². The highest BCUT2D eigenvalue weighted by molar-refractivity contribution is 6.04. The second-order valence-electron chi connectivity index (χ2n) is 13.0. The number of hydrogen-bond donors (Lipinski definition) is 2. The van der Waals surface area contributed by atoms with E-state index in [1.54, 1.807) is 46.1 Å². The lowest BCUT2D eigenvalue weighted by Gasteiger charge is -2.33. The molecule has 6 rings (SSSR count). The first-order chi connectivity index (χ1) is 22.8. The summed E-state index contributed by atoms with van der Waals surface area (Å²) in [7, 11) is 1.70. The average Bonchev–Trinajstić information content (AvgIpc) is 3.61. The van der Waals surface area contributed by atoms with E-state index >= 15 is 0 Å². The molecule has 4 aromatic heterocycles. The Morgan fingerprint density at radius 2 is 1.71 bits per heavy atom. The van der Waals surface area contributed by atoms with Crippen molar-refractivity contribution in [1.82, 2.24) is 38.4 Å². The predicted octanol–water partition coefficient (Wildman–Crippen LogP) is 3.53. The lowest BCUT2D eigenvalue weighted by molar-refractivity contribution is -0.135. The molecule has 0 atom stereocenters. The van der Waals surface area contributed by atoms with Gasteiger partial charge in [0.15, 0.2) is 11.6 Å². The molecular formula is C34H40N10O4. The van der Waals surface area contributed by atoms with Gasteiger partial charge in [-0.15, -0.1) is 0 Å². The number of amides is 2. The van der Waals surface area contributed by atoms with Crippen LogP contribution < -0.4 is 22.3 Å². The van der Waals surface area contributed by atoms with E-state index in [-0.39, 0.29) is 35.2 Å². The highest BCUT2D eigenvalue weighted by Crippen LogP contribution is 2.37. The molecule has 48 heavy (non-hydrogen) atoms. The molecule has 5 heterocycles. The number of nitrogens with two attached hydrogens (primary N) is 1. The highest BCUT2D eigenvalue weighted by Gasteiger charge is 2.29. The predicted molar refractivity (Wildman–Crippen MR) is 182 cm³/mol. The van der Waals surface area contributed by atoms with Crippen molar-refractivity contribution < 1.29 is 9.59 Å². The molecule has 0 aliphatic carbocycles. The Balaban J connectivity index is 1.29. The topological polar surface area (TPSA) is 167 Å². The molecule has 14 nitrogen and oxygen atoms in total. The van der Waals surface area contributed by atoms with Crippen LogP contribution in [-0.2, 0) is 11.8 Å². The van der Waals surface area contributed by atoms with Gasteiger partial charge in [-0.3, -0.25) is 23.6 Å². The van der Waals surface area contributed by atoms with Crippen LogP contribution in [0.1, 0.15) is 74.1 Å². The molecule has 0 bridgehead atoms. The first-order valence-corrected chi connectivity index (χ1v) is 16.1. The van der Waals surface area contributed by atoms with E-state index in [1.807, 2.05) is 35.4 Å². The first-order valence-electron chi connectivity index (χ1n) is 16.1. The number of anilines is 2. The normalized spacial score (nSPS) is 14.0. The van der Waals surface area contributed by atoms with Crippen molar-refractivity contribution in [2.24, 2.45) is 13.0 Å². The van der Waals surface area contributed by atoms with Gasteiger partial charge >= 0.3 is 5.69 Å². The molecule has 1 saturated heterocycles. The summed E-state index contributed by atoms with van der Waals surface area (Å²) in [6, 6.07) is 8.97. The molecule has 0 unspecified atom stereocenters. The number of nitrogens with zero attached hydrogens (tertiary/aromatic N) is 8. The quantitative estimate of drug-likeness (QED) is 0.269. The molecule has 2 amide bonds. The lowest BCUT2D eigenvalue weighted by atomic mass is 9.92. The number of nitrogens with one attached hydrogen (secondary N) is 1. The SMILES string of the molecule is Cc1cn(C)nc1-n1c(=O)c(C(=O)Nc2ccc(-c3cc(C4CCN(C(=O)C(C)C)CC4)n4ncnc(N)c34)cc2)cn(C(C)C)c1=O. The summed E-state index contributed by atoms with van der Waals surface area (Å²) in [6.45, 7) is 10.6. The number of nitrogen functional groups attached to an aromatic ring is 1. The Kier molecular flexibility index (Phi) is 8.50. The molecule has 0 radical (unpaired) electrons. The smallest absolute Gasteiger partial charge is 0.337 e. The largest absolute Gasteiger partial charge is 0.382 e. The molecule has 1 aliphatic rings. The van der Waals surface area contributed by atoms with Crippen LogP contribution in [0, 0.1) is 12.8 Å². The molecule has 250 valence electrons. The molecule has 5 aromatic rings. The minimum atomic E-state index is -0.754. The van der Waals surface area contributed by atoms with Crippen molar-refractivity contribution in [1.29, 1.82) is 0 Å². The third kappa shape index (κ3) is 5.78. The maximum atomic E-state index is 13.6. The van der Waals surface area contributed by atoms with Gasteiger partial charge in [-0.25, -0.2) is 18.9 Å². The van der Waals surface area contributed by atoms with Crippen LogP contribution >= 0.6 is 0 Å². The average molecular weight is 653 g/mol. The van der Waals surface area contributed by atoms with Crippen molar-refractivity contribution in [3.8, 4) is 16.9 Å². The Labute approximate surface area is 276 Å².